The summed E-state index contributed by atoms with van der Waals surface area (Å²) in [6.07, 6.45) is -0.208. The van der Waals surface area contributed by atoms with Crippen molar-refractivity contribution in [2.24, 2.45) is 11.8 Å². The standard InChI is InChI=1S/C10H18BNO3/c1-4-6-8(13)7(9(11)15-6)5(2)10(14)12-3/h5-9,13H,4H2,1-3H3,(H,12,14)/t5-,6-,7+,8?,9-/m1/s1. The SMILES string of the molecule is [B][C@@H]1O[C@H](CC)C(O)[C@@H]1[C@@H](C)C(=O)NC. The first-order valence-corrected chi connectivity index (χ1v) is 5.33. The van der Waals surface area contributed by atoms with Crippen LogP contribution in [0, 0.1) is 11.8 Å². The molecule has 1 heterocycles. The van der Waals surface area contributed by atoms with Crippen molar-refractivity contribution in [1.82, 2.24) is 5.32 Å². The summed E-state index contributed by atoms with van der Waals surface area (Å²) in [5.41, 5.74) is 0. The fourth-order valence-corrected chi connectivity index (χ4v) is 2.14. The van der Waals surface area contributed by atoms with Crippen molar-refractivity contribution in [3.63, 3.8) is 0 Å². The topological polar surface area (TPSA) is 58.6 Å². The van der Waals surface area contributed by atoms with Crippen molar-refractivity contribution in [3.8, 4) is 0 Å². The summed E-state index contributed by atoms with van der Waals surface area (Å²) < 4.78 is 5.40. The number of rotatable bonds is 3. The van der Waals surface area contributed by atoms with Gasteiger partial charge in [-0.2, -0.15) is 0 Å². The molecule has 0 saturated carbocycles. The zero-order valence-corrected chi connectivity index (χ0v) is 9.43. The Labute approximate surface area is 91.8 Å². The van der Waals surface area contributed by atoms with Gasteiger partial charge in [-0.25, -0.2) is 0 Å². The number of ether oxygens (including phenoxy) is 1. The van der Waals surface area contributed by atoms with Crippen LogP contribution in [0.15, 0.2) is 0 Å². The summed E-state index contributed by atoms with van der Waals surface area (Å²) in [5.74, 6) is -0.777. The maximum Gasteiger partial charge on any atom is 0.223 e. The lowest BCUT2D eigenvalue weighted by atomic mass is 9.76. The molecule has 5 atom stereocenters. The zero-order valence-electron chi connectivity index (χ0n) is 9.43. The second kappa shape index (κ2) is 4.99. The first-order chi connectivity index (χ1) is 7.02. The lowest BCUT2D eigenvalue weighted by molar-refractivity contribution is -0.126. The molecule has 0 aromatic carbocycles. The molecule has 1 amide bonds. The van der Waals surface area contributed by atoms with E-state index in [1.165, 1.54) is 0 Å². The van der Waals surface area contributed by atoms with E-state index >= 15 is 0 Å². The molecule has 1 rings (SSSR count). The van der Waals surface area contributed by atoms with Crippen molar-refractivity contribution in [2.45, 2.75) is 38.5 Å². The Bertz CT molecular complexity index is 237. The molecule has 0 spiro atoms. The normalized spacial score (nSPS) is 37.6. The van der Waals surface area contributed by atoms with Gasteiger partial charge in [-0.3, -0.25) is 4.79 Å². The Kier molecular flexibility index (Phi) is 4.17. The van der Waals surface area contributed by atoms with Gasteiger partial charge in [-0.05, 0) is 6.42 Å². The van der Waals surface area contributed by atoms with E-state index in [9.17, 15) is 9.90 Å². The molecule has 1 fully saturated rings. The predicted octanol–water partition coefficient (Wildman–Crippen LogP) is -0.351. The van der Waals surface area contributed by atoms with Gasteiger partial charge >= 0.3 is 0 Å². The first kappa shape index (κ1) is 12.5. The fraction of sp³-hybridized carbons (Fsp3) is 0.900. The highest BCUT2D eigenvalue weighted by Gasteiger charge is 2.44. The second-order valence-electron chi connectivity index (χ2n) is 4.02. The molecule has 0 bridgehead atoms. The van der Waals surface area contributed by atoms with Gasteiger partial charge in [0.2, 0.25) is 5.91 Å². The molecule has 2 N–H and O–H groups in total. The van der Waals surface area contributed by atoms with Gasteiger partial charge in [0.1, 0.15) is 7.85 Å². The summed E-state index contributed by atoms with van der Waals surface area (Å²) >= 11 is 0. The van der Waals surface area contributed by atoms with Gasteiger partial charge in [0, 0.05) is 24.9 Å². The average molecular weight is 211 g/mol. The number of amides is 1. The van der Waals surface area contributed by atoms with Crippen LogP contribution in [0.3, 0.4) is 0 Å². The number of aliphatic hydroxyl groups excluding tert-OH is 1. The molecule has 5 heteroatoms. The van der Waals surface area contributed by atoms with Crippen LogP contribution in [0.1, 0.15) is 20.3 Å². The monoisotopic (exact) mass is 211 g/mol. The third kappa shape index (κ3) is 2.34. The zero-order chi connectivity index (χ0) is 11.6. The van der Waals surface area contributed by atoms with Crippen molar-refractivity contribution in [2.75, 3.05) is 7.05 Å². The van der Waals surface area contributed by atoms with Gasteiger partial charge in [0.05, 0.1) is 12.2 Å². The van der Waals surface area contributed by atoms with Crippen molar-refractivity contribution < 1.29 is 14.6 Å². The third-order valence-electron chi connectivity index (χ3n) is 3.13. The van der Waals surface area contributed by atoms with Crippen LogP contribution in [0.4, 0.5) is 0 Å². The number of carbonyl (C=O) groups is 1. The van der Waals surface area contributed by atoms with Crippen molar-refractivity contribution >= 4 is 13.8 Å². The van der Waals surface area contributed by atoms with Crippen LogP contribution < -0.4 is 5.32 Å². The molecule has 84 valence electrons. The molecule has 0 aliphatic carbocycles. The Morgan fingerprint density at radius 3 is 2.67 bits per heavy atom. The molecule has 15 heavy (non-hydrogen) atoms. The number of aliphatic hydroxyl groups is 1. The van der Waals surface area contributed by atoms with E-state index in [0.717, 1.165) is 0 Å². The van der Waals surface area contributed by atoms with E-state index in [0.29, 0.717) is 6.42 Å². The molecule has 2 radical (unpaired) electrons. The Morgan fingerprint density at radius 2 is 2.27 bits per heavy atom. The molecular weight excluding hydrogens is 193 g/mol. The Hall–Kier alpha value is -0.545. The molecule has 0 aromatic rings. The molecule has 1 unspecified atom stereocenters. The fourth-order valence-electron chi connectivity index (χ4n) is 2.14. The van der Waals surface area contributed by atoms with Crippen LogP contribution in [0.5, 0.6) is 0 Å². The van der Waals surface area contributed by atoms with Crippen LogP contribution in [-0.4, -0.2) is 44.1 Å². The summed E-state index contributed by atoms with van der Waals surface area (Å²) in [4.78, 5) is 11.5. The Morgan fingerprint density at radius 1 is 1.67 bits per heavy atom. The van der Waals surface area contributed by atoms with E-state index in [-0.39, 0.29) is 23.8 Å². The van der Waals surface area contributed by atoms with E-state index in [1.807, 2.05) is 6.92 Å². The largest absolute Gasteiger partial charge is 0.390 e. The van der Waals surface area contributed by atoms with Crippen LogP contribution in [-0.2, 0) is 9.53 Å². The van der Waals surface area contributed by atoms with E-state index in [4.69, 9.17) is 12.6 Å². The number of hydrogen-bond acceptors (Lipinski definition) is 3. The number of nitrogens with one attached hydrogen (secondary N) is 1. The molecule has 1 aliphatic rings. The molecular formula is C10H18BNO3. The average Bonchev–Trinajstić information content (AvgIpc) is 2.51. The maximum absolute atomic E-state index is 11.5. The second-order valence-corrected chi connectivity index (χ2v) is 4.02. The van der Waals surface area contributed by atoms with E-state index in [2.05, 4.69) is 5.32 Å². The van der Waals surface area contributed by atoms with Crippen LogP contribution in [0.2, 0.25) is 0 Å². The van der Waals surface area contributed by atoms with Gasteiger partial charge in [-0.1, -0.05) is 13.8 Å². The molecule has 1 aliphatic heterocycles. The highest BCUT2D eigenvalue weighted by molar-refractivity contribution is 6.11. The minimum Gasteiger partial charge on any atom is -0.390 e. The smallest absolute Gasteiger partial charge is 0.223 e. The lowest BCUT2D eigenvalue weighted by Gasteiger charge is -2.23. The summed E-state index contributed by atoms with van der Waals surface area (Å²) in [7, 11) is 7.34. The van der Waals surface area contributed by atoms with Crippen molar-refractivity contribution in [3.05, 3.63) is 0 Å². The summed E-state index contributed by atoms with van der Waals surface area (Å²) in [5, 5.41) is 12.5. The van der Waals surface area contributed by atoms with Crippen molar-refractivity contribution in [1.29, 1.82) is 0 Å². The van der Waals surface area contributed by atoms with Crippen LogP contribution >= 0.6 is 0 Å². The number of carbonyl (C=O) groups excluding carboxylic acids is 1. The minimum absolute atomic E-state index is 0.116. The minimum atomic E-state index is -0.655. The highest BCUT2D eigenvalue weighted by Crippen LogP contribution is 2.32. The molecule has 1 saturated heterocycles. The van der Waals surface area contributed by atoms with Gasteiger partial charge in [0.25, 0.3) is 0 Å². The lowest BCUT2D eigenvalue weighted by Crippen LogP contribution is -2.40. The summed E-state index contributed by atoms with van der Waals surface area (Å²) in [6, 6.07) is -0.558. The van der Waals surface area contributed by atoms with E-state index in [1.54, 1.807) is 14.0 Å². The summed E-state index contributed by atoms with van der Waals surface area (Å²) in [6.45, 7) is 3.68. The predicted molar refractivity (Wildman–Crippen MR) is 57.4 cm³/mol. The van der Waals surface area contributed by atoms with E-state index < -0.39 is 12.1 Å². The van der Waals surface area contributed by atoms with Crippen LogP contribution in [0.25, 0.3) is 0 Å². The molecule has 4 nitrogen and oxygen atoms in total. The quantitative estimate of drug-likeness (QED) is 0.627. The van der Waals surface area contributed by atoms with Gasteiger partial charge in [-0.15, -0.1) is 0 Å². The maximum atomic E-state index is 11.5. The van der Waals surface area contributed by atoms with Gasteiger partial charge in [0.15, 0.2) is 0 Å². The van der Waals surface area contributed by atoms with Gasteiger partial charge < -0.3 is 15.2 Å². The molecule has 0 aromatic heterocycles. The number of hydrogen-bond donors (Lipinski definition) is 2. The first-order valence-electron chi connectivity index (χ1n) is 5.33. The Balaban J connectivity index is 2.72. The third-order valence-corrected chi connectivity index (χ3v) is 3.13. The highest BCUT2D eigenvalue weighted by atomic mass is 16.5.